The van der Waals surface area contributed by atoms with E-state index in [0.29, 0.717) is 12.2 Å². The van der Waals surface area contributed by atoms with Gasteiger partial charge >= 0.3 is 0 Å². The molecule has 0 saturated heterocycles. The van der Waals surface area contributed by atoms with E-state index in [1.54, 1.807) is 12.1 Å². The average molecular weight is 283 g/mol. The van der Waals surface area contributed by atoms with Crippen molar-refractivity contribution in [3.05, 3.63) is 58.7 Å². The van der Waals surface area contributed by atoms with E-state index in [4.69, 9.17) is 4.74 Å². The molecule has 0 aliphatic carbocycles. The van der Waals surface area contributed by atoms with Crippen molar-refractivity contribution >= 4 is 11.6 Å². The fourth-order valence-electron chi connectivity index (χ4n) is 2.43. The van der Waals surface area contributed by atoms with Crippen LogP contribution in [0.2, 0.25) is 0 Å². The molecule has 0 spiro atoms. The first-order chi connectivity index (χ1) is 10.0. The highest BCUT2D eigenvalue weighted by Crippen LogP contribution is 2.23. The van der Waals surface area contributed by atoms with Crippen molar-refractivity contribution in [2.75, 3.05) is 11.9 Å². The molecule has 0 bridgehead atoms. The molecular formula is C18H21NO2. The highest BCUT2D eigenvalue weighted by atomic mass is 16.5. The zero-order chi connectivity index (χ0) is 15.4. The first kappa shape index (κ1) is 15.1. The molecule has 2 aromatic carbocycles. The van der Waals surface area contributed by atoms with Crippen LogP contribution < -0.4 is 10.1 Å². The molecule has 0 aliphatic rings. The molecule has 3 nitrogen and oxygen atoms in total. The molecule has 0 radical (unpaired) electrons. The summed E-state index contributed by atoms with van der Waals surface area (Å²) in [4.78, 5) is 12.3. The zero-order valence-electron chi connectivity index (χ0n) is 13.0. The van der Waals surface area contributed by atoms with Crippen LogP contribution in [0.5, 0.6) is 5.75 Å². The number of rotatable bonds is 4. The second-order valence-electron chi connectivity index (χ2n) is 5.19. The van der Waals surface area contributed by atoms with Crippen molar-refractivity contribution in [2.24, 2.45) is 0 Å². The Morgan fingerprint density at radius 3 is 2.14 bits per heavy atom. The number of carbonyl (C=O) groups excluding carboxylic acids is 1. The van der Waals surface area contributed by atoms with Gasteiger partial charge in [0.2, 0.25) is 0 Å². The molecule has 0 aliphatic heterocycles. The van der Waals surface area contributed by atoms with Crippen LogP contribution in [-0.4, -0.2) is 12.5 Å². The third-order valence-electron chi connectivity index (χ3n) is 3.34. The van der Waals surface area contributed by atoms with E-state index in [1.807, 2.05) is 32.9 Å². The summed E-state index contributed by atoms with van der Waals surface area (Å²) in [5.74, 6) is 0.671. The fraction of sp³-hybridized carbons (Fsp3) is 0.278. The Labute approximate surface area is 126 Å². The van der Waals surface area contributed by atoms with Crippen molar-refractivity contribution in [2.45, 2.75) is 27.7 Å². The molecule has 2 aromatic rings. The van der Waals surface area contributed by atoms with E-state index in [9.17, 15) is 4.79 Å². The first-order valence-corrected chi connectivity index (χ1v) is 7.13. The Hall–Kier alpha value is -2.29. The first-order valence-electron chi connectivity index (χ1n) is 7.13. The minimum atomic E-state index is -0.104. The maximum absolute atomic E-state index is 12.3. The molecule has 21 heavy (non-hydrogen) atoms. The third kappa shape index (κ3) is 3.63. The molecule has 110 valence electrons. The second-order valence-corrected chi connectivity index (χ2v) is 5.19. The summed E-state index contributed by atoms with van der Waals surface area (Å²) in [5, 5.41) is 2.99. The van der Waals surface area contributed by atoms with Gasteiger partial charge in [0.25, 0.3) is 5.91 Å². The summed E-state index contributed by atoms with van der Waals surface area (Å²) < 4.78 is 5.38. The van der Waals surface area contributed by atoms with E-state index in [1.165, 1.54) is 5.56 Å². The van der Waals surface area contributed by atoms with Crippen molar-refractivity contribution in [1.29, 1.82) is 0 Å². The van der Waals surface area contributed by atoms with Crippen LogP contribution in [0.3, 0.4) is 0 Å². The fourth-order valence-corrected chi connectivity index (χ4v) is 2.43. The molecule has 0 fully saturated rings. The molecule has 0 aromatic heterocycles. The quantitative estimate of drug-likeness (QED) is 0.910. The highest BCUT2D eigenvalue weighted by Gasteiger charge is 2.10. The van der Waals surface area contributed by atoms with Gasteiger partial charge in [0, 0.05) is 11.3 Å². The molecule has 0 unspecified atom stereocenters. The normalized spacial score (nSPS) is 10.3. The van der Waals surface area contributed by atoms with Crippen LogP contribution in [0, 0.1) is 20.8 Å². The zero-order valence-corrected chi connectivity index (χ0v) is 13.0. The van der Waals surface area contributed by atoms with Crippen LogP contribution in [0.25, 0.3) is 0 Å². The largest absolute Gasteiger partial charge is 0.494 e. The van der Waals surface area contributed by atoms with E-state index in [0.717, 1.165) is 22.6 Å². The van der Waals surface area contributed by atoms with Gasteiger partial charge in [0.1, 0.15) is 5.75 Å². The lowest BCUT2D eigenvalue weighted by atomic mass is 10.0. The minimum Gasteiger partial charge on any atom is -0.494 e. The summed E-state index contributed by atoms with van der Waals surface area (Å²) in [7, 11) is 0. The summed E-state index contributed by atoms with van der Waals surface area (Å²) in [6.07, 6.45) is 0. The Balaban J connectivity index is 2.18. The number of anilines is 1. The molecular weight excluding hydrogens is 262 g/mol. The number of hydrogen-bond acceptors (Lipinski definition) is 2. The SMILES string of the molecule is CCOc1ccc(C(=O)Nc2c(C)cc(C)cc2C)cc1. The van der Waals surface area contributed by atoms with Gasteiger partial charge in [-0.05, 0) is 63.1 Å². The van der Waals surface area contributed by atoms with Crippen molar-refractivity contribution in [1.82, 2.24) is 0 Å². The monoisotopic (exact) mass is 283 g/mol. The number of carbonyl (C=O) groups is 1. The number of ether oxygens (including phenoxy) is 1. The van der Waals surface area contributed by atoms with Gasteiger partial charge in [0.15, 0.2) is 0 Å². The standard InChI is InChI=1S/C18H21NO2/c1-5-21-16-8-6-15(7-9-16)18(20)19-17-13(3)10-12(2)11-14(17)4/h6-11H,5H2,1-4H3,(H,19,20). The summed E-state index contributed by atoms with van der Waals surface area (Å²) in [6, 6.07) is 11.3. The molecule has 2 rings (SSSR count). The minimum absolute atomic E-state index is 0.104. The van der Waals surface area contributed by atoms with Gasteiger partial charge in [0.05, 0.1) is 6.61 Å². The van der Waals surface area contributed by atoms with Crippen LogP contribution in [0.4, 0.5) is 5.69 Å². The summed E-state index contributed by atoms with van der Waals surface area (Å²) in [5.41, 5.74) is 4.86. The van der Waals surface area contributed by atoms with Gasteiger partial charge in [-0.2, -0.15) is 0 Å². The van der Waals surface area contributed by atoms with Crippen LogP contribution in [0.15, 0.2) is 36.4 Å². The van der Waals surface area contributed by atoms with Crippen LogP contribution in [-0.2, 0) is 0 Å². The van der Waals surface area contributed by atoms with Gasteiger partial charge < -0.3 is 10.1 Å². The lowest BCUT2D eigenvalue weighted by molar-refractivity contribution is 0.102. The van der Waals surface area contributed by atoms with Gasteiger partial charge in [-0.25, -0.2) is 0 Å². The molecule has 0 heterocycles. The van der Waals surface area contributed by atoms with Gasteiger partial charge in [-0.1, -0.05) is 17.7 Å². The third-order valence-corrected chi connectivity index (χ3v) is 3.34. The predicted molar refractivity (Wildman–Crippen MR) is 86.2 cm³/mol. The number of nitrogens with one attached hydrogen (secondary N) is 1. The molecule has 3 heteroatoms. The predicted octanol–water partition coefficient (Wildman–Crippen LogP) is 4.26. The average Bonchev–Trinajstić information content (AvgIpc) is 2.43. The Kier molecular flexibility index (Phi) is 4.63. The van der Waals surface area contributed by atoms with E-state index >= 15 is 0 Å². The Morgan fingerprint density at radius 2 is 1.62 bits per heavy atom. The van der Waals surface area contributed by atoms with Gasteiger partial charge in [-0.3, -0.25) is 4.79 Å². The Morgan fingerprint density at radius 1 is 1.05 bits per heavy atom. The van der Waals surface area contributed by atoms with E-state index in [2.05, 4.69) is 24.4 Å². The van der Waals surface area contributed by atoms with Gasteiger partial charge in [-0.15, -0.1) is 0 Å². The van der Waals surface area contributed by atoms with E-state index in [-0.39, 0.29) is 5.91 Å². The van der Waals surface area contributed by atoms with Crippen LogP contribution >= 0.6 is 0 Å². The molecule has 1 amide bonds. The number of amides is 1. The maximum Gasteiger partial charge on any atom is 0.255 e. The lowest BCUT2D eigenvalue weighted by Crippen LogP contribution is -2.13. The molecule has 0 saturated carbocycles. The van der Waals surface area contributed by atoms with Crippen LogP contribution in [0.1, 0.15) is 34.0 Å². The number of hydrogen-bond donors (Lipinski definition) is 1. The number of aryl methyl sites for hydroxylation is 3. The van der Waals surface area contributed by atoms with Crippen molar-refractivity contribution in [3.8, 4) is 5.75 Å². The lowest BCUT2D eigenvalue weighted by Gasteiger charge is -2.13. The van der Waals surface area contributed by atoms with Crippen molar-refractivity contribution in [3.63, 3.8) is 0 Å². The molecule has 0 atom stereocenters. The topological polar surface area (TPSA) is 38.3 Å². The second kappa shape index (κ2) is 6.44. The van der Waals surface area contributed by atoms with Crippen molar-refractivity contribution < 1.29 is 9.53 Å². The highest BCUT2D eigenvalue weighted by molar-refractivity contribution is 6.05. The summed E-state index contributed by atoms with van der Waals surface area (Å²) >= 11 is 0. The molecule has 1 N–H and O–H groups in total. The van der Waals surface area contributed by atoms with E-state index < -0.39 is 0 Å². The Bertz CT molecular complexity index is 622. The smallest absolute Gasteiger partial charge is 0.255 e. The number of benzene rings is 2. The maximum atomic E-state index is 12.3. The summed E-state index contributed by atoms with van der Waals surface area (Å²) in [6.45, 7) is 8.62.